The molecule has 2 N–H and O–H groups in total. The van der Waals surface area contributed by atoms with Crippen LogP contribution in [0.15, 0.2) is 53.3 Å². The van der Waals surface area contributed by atoms with Gasteiger partial charge in [-0.2, -0.15) is 15.5 Å². The van der Waals surface area contributed by atoms with Crippen LogP contribution in [0.1, 0.15) is 5.56 Å². The molecule has 0 atom stereocenters. The average molecular weight is 432 g/mol. The Balaban J connectivity index is 0.000000211. The number of hydrogen-bond donors (Lipinski definition) is 2. The minimum absolute atomic E-state index is 0. The van der Waals surface area contributed by atoms with Crippen LogP contribution in [0, 0.1) is 23.2 Å². The topological polar surface area (TPSA) is 105 Å². The van der Waals surface area contributed by atoms with Gasteiger partial charge in [0.1, 0.15) is 0 Å². The number of nitrogens with zero attached hydrogens (tertiary/aromatic N) is 4. The summed E-state index contributed by atoms with van der Waals surface area (Å²) < 4.78 is 1.08. The number of aromatic amines is 2. The van der Waals surface area contributed by atoms with Gasteiger partial charge in [0.2, 0.25) is 0 Å². The van der Waals surface area contributed by atoms with Gasteiger partial charge >= 0.3 is 0 Å². The molecule has 2 aromatic heterocycles. The monoisotopic (exact) mass is 429 g/mol. The molecule has 0 spiro atoms. The SMILES string of the molecule is Brc1cccc2[nH]ncc12.N#Cc1cccc2[nH]ncc12.[C-]#N.[Zn]. The van der Waals surface area contributed by atoms with Gasteiger partial charge in [0, 0.05) is 34.7 Å². The molecule has 0 saturated carbocycles. The Bertz CT molecular complexity index is 982. The number of benzene rings is 2. The predicted octanol–water partition coefficient (Wildman–Crippen LogP) is 3.85. The smallest absolute Gasteiger partial charge is 0.0999 e. The molecule has 0 amide bonds. The van der Waals surface area contributed by atoms with E-state index >= 15 is 0 Å². The maximum Gasteiger partial charge on any atom is 0.0999 e. The molecule has 6 nitrogen and oxygen atoms in total. The number of rotatable bonds is 0. The molecule has 4 rings (SSSR count). The van der Waals surface area contributed by atoms with Gasteiger partial charge in [0.25, 0.3) is 0 Å². The van der Waals surface area contributed by atoms with E-state index in [0.29, 0.717) is 5.56 Å². The van der Waals surface area contributed by atoms with Crippen molar-refractivity contribution in [2.24, 2.45) is 0 Å². The van der Waals surface area contributed by atoms with Gasteiger partial charge in [-0.1, -0.05) is 28.1 Å². The summed E-state index contributed by atoms with van der Waals surface area (Å²) >= 11 is 3.42. The van der Waals surface area contributed by atoms with Crippen molar-refractivity contribution in [2.45, 2.75) is 0 Å². The first kappa shape index (κ1) is 19.5. The van der Waals surface area contributed by atoms with Crippen molar-refractivity contribution < 1.29 is 19.5 Å². The predicted molar refractivity (Wildman–Crippen MR) is 89.6 cm³/mol. The molecule has 24 heavy (non-hydrogen) atoms. The number of halogens is 1. The number of hydrogen-bond acceptors (Lipinski definition) is 4. The van der Waals surface area contributed by atoms with Crippen molar-refractivity contribution in [1.82, 2.24) is 20.4 Å². The van der Waals surface area contributed by atoms with E-state index < -0.39 is 0 Å². The van der Waals surface area contributed by atoms with Crippen molar-refractivity contribution in [1.29, 1.82) is 10.5 Å². The van der Waals surface area contributed by atoms with E-state index in [1.807, 2.05) is 30.3 Å². The van der Waals surface area contributed by atoms with E-state index in [1.165, 1.54) is 0 Å². The quantitative estimate of drug-likeness (QED) is 0.326. The van der Waals surface area contributed by atoms with E-state index in [1.54, 1.807) is 18.5 Å². The molecule has 4 aromatic rings. The number of fused-ring (bicyclic) bond motifs is 2. The normalized spacial score (nSPS) is 8.92. The van der Waals surface area contributed by atoms with Gasteiger partial charge in [-0.15, -0.1) is 0 Å². The van der Waals surface area contributed by atoms with Crippen LogP contribution in [0.2, 0.25) is 0 Å². The van der Waals surface area contributed by atoms with Gasteiger partial charge in [-0.3, -0.25) is 10.2 Å². The third-order valence-corrected chi connectivity index (χ3v) is 3.73. The van der Waals surface area contributed by atoms with E-state index in [9.17, 15) is 0 Å². The van der Waals surface area contributed by atoms with Crippen LogP contribution >= 0.6 is 15.9 Å². The molecule has 0 bridgehead atoms. The van der Waals surface area contributed by atoms with Crippen molar-refractivity contribution >= 4 is 37.7 Å². The summed E-state index contributed by atoms with van der Waals surface area (Å²) in [5, 5.41) is 30.3. The Morgan fingerprint density at radius 2 is 1.46 bits per heavy atom. The largest absolute Gasteiger partial charge is 0.512 e. The van der Waals surface area contributed by atoms with E-state index in [2.05, 4.69) is 42.4 Å². The summed E-state index contributed by atoms with van der Waals surface area (Å²) in [5.41, 5.74) is 2.63. The van der Waals surface area contributed by atoms with Crippen molar-refractivity contribution in [3.05, 3.63) is 65.4 Å². The summed E-state index contributed by atoms with van der Waals surface area (Å²) in [6, 6.07) is 13.6. The minimum Gasteiger partial charge on any atom is -0.512 e. The van der Waals surface area contributed by atoms with Crippen LogP contribution in [-0.4, -0.2) is 20.4 Å². The average Bonchev–Trinajstić information content (AvgIpc) is 3.26. The van der Waals surface area contributed by atoms with Gasteiger partial charge in [0.05, 0.1) is 35.1 Å². The Hall–Kier alpha value is -2.54. The molecular weight excluding hydrogens is 422 g/mol. The summed E-state index contributed by atoms with van der Waals surface area (Å²) in [6.07, 6.45) is 3.47. The molecule has 2 aromatic carbocycles. The zero-order valence-corrected chi connectivity index (χ0v) is 17.0. The first-order valence-corrected chi connectivity index (χ1v) is 7.21. The molecule has 0 aliphatic carbocycles. The summed E-state index contributed by atoms with van der Waals surface area (Å²) in [6.45, 7) is 4.75. The Kier molecular flexibility index (Phi) is 7.78. The van der Waals surface area contributed by atoms with E-state index in [0.717, 1.165) is 26.3 Å². The van der Waals surface area contributed by atoms with E-state index in [4.69, 9.17) is 17.1 Å². The second-order valence-electron chi connectivity index (χ2n) is 4.32. The van der Waals surface area contributed by atoms with Crippen molar-refractivity contribution in [2.75, 3.05) is 0 Å². The zero-order valence-electron chi connectivity index (χ0n) is 12.5. The number of nitrogens with one attached hydrogen (secondary N) is 2. The molecule has 0 aliphatic heterocycles. The van der Waals surface area contributed by atoms with Crippen LogP contribution in [-0.2, 0) is 19.5 Å². The van der Waals surface area contributed by atoms with Gasteiger partial charge in [0.15, 0.2) is 0 Å². The molecule has 0 fully saturated rings. The number of nitriles is 1. The van der Waals surface area contributed by atoms with Crippen LogP contribution < -0.4 is 0 Å². The summed E-state index contributed by atoms with van der Waals surface area (Å²) in [5.74, 6) is 0. The zero-order chi connectivity index (χ0) is 16.7. The summed E-state index contributed by atoms with van der Waals surface area (Å²) in [7, 11) is 0. The van der Waals surface area contributed by atoms with Crippen LogP contribution in [0.25, 0.3) is 21.8 Å². The number of aromatic nitrogens is 4. The fraction of sp³-hybridized carbons (Fsp3) is 0. The Labute approximate surface area is 159 Å². The number of H-pyrrole nitrogens is 2. The van der Waals surface area contributed by atoms with Crippen LogP contribution in [0.5, 0.6) is 0 Å². The van der Waals surface area contributed by atoms with Gasteiger partial charge < -0.3 is 11.8 Å². The molecule has 8 heteroatoms. The third kappa shape index (κ3) is 4.26. The molecule has 0 aliphatic rings. The Morgan fingerprint density at radius 3 is 2.04 bits per heavy atom. The first-order valence-electron chi connectivity index (χ1n) is 6.42. The maximum atomic E-state index is 8.66. The minimum atomic E-state index is 0. The molecule has 0 saturated heterocycles. The molecule has 0 radical (unpaired) electrons. The first-order chi connectivity index (χ1) is 11.3. The fourth-order valence-corrected chi connectivity index (χ4v) is 2.47. The molecule has 2 heterocycles. The molecule has 0 unspecified atom stereocenters. The van der Waals surface area contributed by atoms with Crippen molar-refractivity contribution in [3.8, 4) is 6.07 Å². The standard InChI is InChI=1S/C8H5N3.C7H5BrN2.CN.Zn/c9-4-6-2-1-3-8-7(6)5-10-11-8;8-6-2-1-3-7-5(6)4-9-10-7;1-2;/h1-3,5H,(H,10,11);1-4H,(H,9,10);;/q;;-1;. The van der Waals surface area contributed by atoms with E-state index in [-0.39, 0.29) is 19.5 Å². The van der Waals surface area contributed by atoms with Gasteiger partial charge in [-0.25, -0.2) is 0 Å². The molecule has 114 valence electrons. The maximum absolute atomic E-state index is 8.66. The fourth-order valence-electron chi connectivity index (χ4n) is 2.00. The van der Waals surface area contributed by atoms with Crippen LogP contribution in [0.4, 0.5) is 0 Å². The van der Waals surface area contributed by atoms with Crippen molar-refractivity contribution in [3.63, 3.8) is 0 Å². The summed E-state index contributed by atoms with van der Waals surface area (Å²) in [4.78, 5) is 0. The second-order valence-corrected chi connectivity index (χ2v) is 5.17. The third-order valence-electron chi connectivity index (χ3n) is 3.04. The van der Waals surface area contributed by atoms with Crippen LogP contribution in [0.3, 0.4) is 0 Å². The van der Waals surface area contributed by atoms with Gasteiger partial charge in [-0.05, 0) is 24.3 Å². The molecular formula is C16H10BrN6Zn-. The second kappa shape index (κ2) is 9.57. The Morgan fingerprint density at radius 1 is 0.917 bits per heavy atom.